The Bertz CT molecular complexity index is 1250. The summed E-state index contributed by atoms with van der Waals surface area (Å²) in [7, 11) is 0. The largest absolute Gasteiger partial charge is 0.484 e. The predicted octanol–water partition coefficient (Wildman–Crippen LogP) is 5.30. The van der Waals surface area contributed by atoms with Crippen molar-refractivity contribution in [2.24, 2.45) is 0 Å². The molecule has 2 heterocycles. The van der Waals surface area contributed by atoms with Crippen LogP contribution in [-0.2, 0) is 11.3 Å². The molecule has 1 amide bonds. The lowest BCUT2D eigenvalue weighted by molar-refractivity contribution is -0.134. The second kappa shape index (κ2) is 10.3. The molecule has 0 saturated carbocycles. The molecule has 1 N–H and O–H groups in total. The molecule has 1 saturated heterocycles. The normalized spacial score (nSPS) is 13.6. The molecule has 0 aliphatic carbocycles. The number of nitrogens with zero attached hydrogens (tertiary/aromatic N) is 3. The first-order chi connectivity index (χ1) is 16.8. The molecule has 1 aromatic heterocycles. The molecule has 0 radical (unpaired) electrons. The Labute approximate surface area is 199 Å². The number of hydrogen-bond acceptors (Lipinski definition) is 5. The molecule has 1 aliphatic rings. The Hall–Kier alpha value is -3.93. The van der Waals surface area contributed by atoms with Crippen LogP contribution in [0.25, 0.3) is 22.0 Å². The Kier molecular flexibility index (Phi) is 6.66. The Morgan fingerprint density at radius 1 is 0.824 bits per heavy atom. The molecule has 0 atom stereocenters. The van der Waals surface area contributed by atoms with Gasteiger partial charge in [0.25, 0.3) is 5.91 Å². The van der Waals surface area contributed by atoms with Crippen molar-refractivity contribution in [3.8, 4) is 17.0 Å². The Morgan fingerprint density at radius 3 is 2.29 bits per heavy atom. The van der Waals surface area contributed by atoms with Crippen molar-refractivity contribution in [3.63, 3.8) is 0 Å². The maximum absolute atomic E-state index is 12.4. The molecule has 0 unspecified atom stereocenters. The summed E-state index contributed by atoms with van der Waals surface area (Å²) in [4.78, 5) is 14.3. The fourth-order valence-electron chi connectivity index (χ4n) is 4.32. The van der Waals surface area contributed by atoms with Crippen molar-refractivity contribution in [3.05, 3.63) is 84.4 Å². The smallest absolute Gasteiger partial charge is 0.260 e. The molecule has 3 aromatic carbocycles. The third kappa shape index (κ3) is 5.01. The maximum atomic E-state index is 12.4. The standard InChI is InChI=1S/C28H28N4O2/c33-26(32-17-7-2-8-18-32)20-34-23-15-13-22(14-16-23)27-24-11-5-6-12-25(24)28(31-30-27)29-19-21-9-3-1-4-10-21/h1,3-6,9-16H,2,7-8,17-20H2,(H,29,31). The van der Waals surface area contributed by atoms with E-state index < -0.39 is 0 Å². The van der Waals surface area contributed by atoms with Gasteiger partial charge in [0.15, 0.2) is 12.4 Å². The molecule has 34 heavy (non-hydrogen) atoms. The van der Waals surface area contributed by atoms with Gasteiger partial charge in [0.05, 0.1) is 0 Å². The van der Waals surface area contributed by atoms with Gasteiger partial charge in [-0.15, -0.1) is 10.2 Å². The lowest BCUT2D eigenvalue weighted by Gasteiger charge is -2.26. The van der Waals surface area contributed by atoms with Gasteiger partial charge in [0.1, 0.15) is 11.4 Å². The number of benzene rings is 3. The van der Waals surface area contributed by atoms with E-state index in [2.05, 4.69) is 39.8 Å². The fourth-order valence-corrected chi connectivity index (χ4v) is 4.32. The van der Waals surface area contributed by atoms with E-state index in [1.807, 2.05) is 59.5 Å². The lowest BCUT2D eigenvalue weighted by Crippen LogP contribution is -2.38. The van der Waals surface area contributed by atoms with Crippen molar-refractivity contribution in [2.75, 3.05) is 25.0 Å². The van der Waals surface area contributed by atoms with Crippen LogP contribution >= 0.6 is 0 Å². The monoisotopic (exact) mass is 452 g/mol. The molecule has 6 heteroatoms. The van der Waals surface area contributed by atoms with E-state index in [0.29, 0.717) is 12.3 Å². The quantitative estimate of drug-likeness (QED) is 0.412. The van der Waals surface area contributed by atoms with Crippen LogP contribution in [0.4, 0.5) is 5.82 Å². The van der Waals surface area contributed by atoms with Crippen LogP contribution in [0, 0.1) is 0 Å². The van der Waals surface area contributed by atoms with E-state index in [1.165, 1.54) is 12.0 Å². The van der Waals surface area contributed by atoms with Crippen LogP contribution in [0.2, 0.25) is 0 Å². The van der Waals surface area contributed by atoms with Crippen LogP contribution < -0.4 is 10.1 Å². The highest BCUT2D eigenvalue weighted by atomic mass is 16.5. The summed E-state index contributed by atoms with van der Waals surface area (Å²) in [5, 5.41) is 14.5. The fraction of sp³-hybridized carbons (Fsp3) is 0.250. The zero-order valence-corrected chi connectivity index (χ0v) is 19.1. The average molecular weight is 453 g/mol. The molecule has 6 nitrogen and oxygen atoms in total. The Balaban J connectivity index is 1.30. The van der Waals surface area contributed by atoms with Gasteiger partial charge in [-0.25, -0.2) is 0 Å². The second-order valence-corrected chi connectivity index (χ2v) is 8.54. The van der Waals surface area contributed by atoms with E-state index in [1.54, 1.807) is 0 Å². The maximum Gasteiger partial charge on any atom is 0.260 e. The third-order valence-corrected chi connectivity index (χ3v) is 6.19. The van der Waals surface area contributed by atoms with Crippen molar-refractivity contribution in [1.82, 2.24) is 15.1 Å². The van der Waals surface area contributed by atoms with Gasteiger partial charge in [-0.3, -0.25) is 4.79 Å². The first-order valence-corrected chi connectivity index (χ1v) is 11.8. The molecule has 4 aromatic rings. The lowest BCUT2D eigenvalue weighted by atomic mass is 10.0. The van der Waals surface area contributed by atoms with Gasteiger partial charge in [-0.2, -0.15) is 0 Å². The topological polar surface area (TPSA) is 67.3 Å². The van der Waals surface area contributed by atoms with E-state index >= 15 is 0 Å². The number of fused-ring (bicyclic) bond motifs is 1. The van der Waals surface area contributed by atoms with Crippen molar-refractivity contribution in [2.45, 2.75) is 25.8 Å². The Morgan fingerprint density at radius 2 is 1.53 bits per heavy atom. The van der Waals surface area contributed by atoms with Gasteiger partial charge in [0, 0.05) is 36.0 Å². The van der Waals surface area contributed by atoms with Gasteiger partial charge in [0.2, 0.25) is 0 Å². The van der Waals surface area contributed by atoms with Crippen molar-refractivity contribution < 1.29 is 9.53 Å². The highest BCUT2D eigenvalue weighted by Crippen LogP contribution is 2.30. The SMILES string of the molecule is O=C(COc1ccc(-c2nnc(NCc3ccccc3)c3ccccc23)cc1)N1CCCCC1. The van der Waals surface area contributed by atoms with Gasteiger partial charge >= 0.3 is 0 Å². The van der Waals surface area contributed by atoms with Crippen molar-refractivity contribution in [1.29, 1.82) is 0 Å². The number of ether oxygens (including phenoxy) is 1. The number of amides is 1. The summed E-state index contributed by atoms with van der Waals surface area (Å²) in [5.41, 5.74) is 2.96. The highest BCUT2D eigenvalue weighted by molar-refractivity contribution is 6.00. The number of carbonyl (C=O) groups is 1. The third-order valence-electron chi connectivity index (χ3n) is 6.19. The van der Waals surface area contributed by atoms with E-state index in [9.17, 15) is 4.79 Å². The minimum Gasteiger partial charge on any atom is -0.484 e. The molecular weight excluding hydrogens is 424 g/mol. The zero-order chi connectivity index (χ0) is 23.2. The number of nitrogens with one attached hydrogen (secondary N) is 1. The van der Waals surface area contributed by atoms with Crippen LogP contribution in [0.3, 0.4) is 0 Å². The number of piperidine rings is 1. The minimum absolute atomic E-state index is 0.0548. The molecule has 1 fully saturated rings. The minimum atomic E-state index is 0.0548. The molecule has 0 spiro atoms. The highest BCUT2D eigenvalue weighted by Gasteiger charge is 2.17. The predicted molar refractivity (Wildman–Crippen MR) is 135 cm³/mol. The van der Waals surface area contributed by atoms with E-state index in [0.717, 1.165) is 53.8 Å². The molecular formula is C28H28N4O2. The number of rotatable bonds is 7. The number of anilines is 1. The summed E-state index contributed by atoms with van der Waals surface area (Å²) in [6.07, 6.45) is 3.36. The van der Waals surface area contributed by atoms with Gasteiger partial charge in [-0.05, 0) is 49.1 Å². The van der Waals surface area contributed by atoms with E-state index in [-0.39, 0.29) is 12.5 Å². The number of likely N-dealkylation sites (tertiary alicyclic amines) is 1. The molecule has 0 bridgehead atoms. The van der Waals surface area contributed by atoms with Crippen molar-refractivity contribution >= 4 is 22.5 Å². The average Bonchev–Trinajstić information content (AvgIpc) is 2.92. The van der Waals surface area contributed by atoms with E-state index in [4.69, 9.17) is 4.74 Å². The van der Waals surface area contributed by atoms with Crippen LogP contribution in [0.15, 0.2) is 78.9 Å². The summed E-state index contributed by atoms with van der Waals surface area (Å²) in [6.45, 7) is 2.43. The number of aromatic nitrogens is 2. The summed E-state index contributed by atoms with van der Waals surface area (Å²) < 4.78 is 5.76. The zero-order valence-electron chi connectivity index (χ0n) is 19.1. The van der Waals surface area contributed by atoms with Crippen LogP contribution in [-0.4, -0.2) is 40.7 Å². The summed E-state index contributed by atoms with van der Waals surface area (Å²) >= 11 is 0. The van der Waals surface area contributed by atoms with Gasteiger partial charge in [-0.1, -0.05) is 54.6 Å². The van der Waals surface area contributed by atoms with Crippen LogP contribution in [0.1, 0.15) is 24.8 Å². The first kappa shape index (κ1) is 21.9. The van der Waals surface area contributed by atoms with Crippen LogP contribution in [0.5, 0.6) is 5.75 Å². The number of carbonyl (C=O) groups excluding carboxylic acids is 1. The second-order valence-electron chi connectivity index (χ2n) is 8.54. The molecule has 172 valence electrons. The summed E-state index contributed by atoms with van der Waals surface area (Å²) in [6, 6.07) is 26.1. The number of hydrogen-bond donors (Lipinski definition) is 1. The molecule has 1 aliphatic heterocycles. The van der Waals surface area contributed by atoms with Gasteiger partial charge < -0.3 is 15.0 Å². The summed E-state index contributed by atoms with van der Waals surface area (Å²) in [5.74, 6) is 1.49. The first-order valence-electron chi connectivity index (χ1n) is 11.8. The molecule has 5 rings (SSSR count).